The van der Waals surface area contributed by atoms with E-state index < -0.39 is 5.60 Å². The summed E-state index contributed by atoms with van der Waals surface area (Å²) < 4.78 is 7.78. The fourth-order valence-corrected chi connectivity index (χ4v) is 2.57. The normalized spacial score (nSPS) is 10.8. The van der Waals surface area contributed by atoms with Crippen molar-refractivity contribution < 1.29 is 9.84 Å². The van der Waals surface area contributed by atoms with Gasteiger partial charge >= 0.3 is 0 Å². The minimum Gasteiger partial charge on any atom is -0.479 e. The Balaban J connectivity index is 0.000000298. The average Bonchev–Trinajstić information content (AvgIpc) is 2.62. The zero-order valence-corrected chi connectivity index (χ0v) is 16.0. The van der Waals surface area contributed by atoms with Crippen molar-refractivity contribution in [3.8, 4) is 5.88 Å². The van der Waals surface area contributed by atoms with E-state index in [1.54, 1.807) is 33.4 Å². The highest BCUT2D eigenvalue weighted by Crippen LogP contribution is 2.28. The van der Waals surface area contributed by atoms with Gasteiger partial charge in [-0.05, 0) is 38.1 Å². The van der Waals surface area contributed by atoms with E-state index in [1.165, 1.54) is 0 Å². The van der Waals surface area contributed by atoms with Crippen LogP contribution in [0.3, 0.4) is 0 Å². The van der Waals surface area contributed by atoms with E-state index in [0.717, 1.165) is 22.3 Å². The molecule has 7 heteroatoms. The van der Waals surface area contributed by atoms with Crippen molar-refractivity contribution in [2.45, 2.75) is 19.4 Å². The molecule has 26 heavy (non-hydrogen) atoms. The molecule has 1 aromatic carbocycles. The van der Waals surface area contributed by atoms with Crippen molar-refractivity contribution in [2.24, 2.45) is 0 Å². The Hall–Kier alpha value is -2.35. The Labute approximate surface area is 159 Å². The first-order chi connectivity index (χ1) is 12.4. The molecule has 0 saturated carbocycles. The summed E-state index contributed by atoms with van der Waals surface area (Å²) in [4.78, 5) is 8.49. The summed E-state index contributed by atoms with van der Waals surface area (Å²) in [7, 11) is 1.60. The van der Waals surface area contributed by atoms with Crippen LogP contribution in [0.1, 0.15) is 13.8 Å². The molecule has 138 valence electrons. The third kappa shape index (κ3) is 5.87. The highest BCUT2D eigenvalue weighted by atomic mass is 32.1. The van der Waals surface area contributed by atoms with Gasteiger partial charge in [-0.15, -0.1) is 0 Å². The molecule has 0 radical (unpaired) electrons. The van der Waals surface area contributed by atoms with E-state index in [2.05, 4.69) is 32.8 Å². The Morgan fingerprint density at radius 3 is 2.35 bits per heavy atom. The number of aliphatic hydroxyl groups is 1. The van der Waals surface area contributed by atoms with Crippen LogP contribution in [0.2, 0.25) is 0 Å². The fraction of sp³-hybridized carbons (Fsp3) is 0.263. The zero-order valence-electron chi connectivity index (χ0n) is 15.1. The maximum atomic E-state index is 8.91. The minimum absolute atomic E-state index is 0.510. The molecule has 0 spiro atoms. The van der Waals surface area contributed by atoms with Crippen LogP contribution in [0, 0.1) is 0 Å². The second-order valence-corrected chi connectivity index (χ2v) is 6.53. The molecule has 2 heterocycles. The average molecular weight is 372 g/mol. The summed E-state index contributed by atoms with van der Waals surface area (Å²) in [5.74, 6) is 0.536. The largest absolute Gasteiger partial charge is 0.479 e. The molecule has 0 fully saturated rings. The number of pyridine rings is 2. The van der Waals surface area contributed by atoms with Gasteiger partial charge in [-0.2, -0.15) is 0 Å². The van der Waals surface area contributed by atoms with E-state index >= 15 is 0 Å². The molecule has 0 bridgehead atoms. The van der Waals surface area contributed by atoms with Gasteiger partial charge in [-0.1, -0.05) is 31.0 Å². The topological polar surface area (TPSA) is 79.3 Å². The second kappa shape index (κ2) is 9.38. The van der Waals surface area contributed by atoms with Gasteiger partial charge in [0, 0.05) is 35.7 Å². The molecule has 0 amide bonds. The molecular formula is C19H24N4O2S. The lowest BCUT2D eigenvalue weighted by molar-refractivity contribution is 0.0867. The Morgan fingerprint density at radius 2 is 1.77 bits per heavy atom. The van der Waals surface area contributed by atoms with Crippen LogP contribution in [0.15, 0.2) is 54.9 Å². The van der Waals surface area contributed by atoms with Crippen molar-refractivity contribution in [2.75, 3.05) is 19.0 Å². The number of thiol groups is 1. The smallest absolute Gasteiger partial charge is 0.240 e. The van der Waals surface area contributed by atoms with Crippen molar-refractivity contribution in [1.82, 2.24) is 14.7 Å². The number of nitrogens with zero attached hydrogens (tertiary/aromatic N) is 2. The van der Waals surface area contributed by atoms with Crippen LogP contribution < -0.4 is 14.8 Å². The van der Waals surface area contributed by atoms with Crippen LogP contribution >= 0.6 is 12.8 Å². The Bertz CT molecular complexity index is 823. The van der Waals surface area contributed by atoms with Gasteiger partial charge in [0.2, 0.25) is 5.88 Å². The Morgan fingerprint density at radius 1 is 1.08 bits per heavy atom. The maximum absolute atomic E-state index is 8.91. The lowest BCUT2D eigenvalue weighted by atomic mass is 10.1. The lowest BCUT2D eigenvalue weighted by Crippen LogP contribution is -2.30. The number of benzene rings is 1. The summed E-state index contributed by atoms with van der Waals surface area (Å²) >= 11 is 3.70. The SMILES string of the molecule is CC(C)(O)CNS.COc1nccc2c(Nc3ccccc3)ccnc12. The summed E-state index contributed by atoms with van der Waals surface area (Å²) in [6.07, 6.45) is 3.47. The lowest BCUT2D eigenvalue weighted by Gasteiger charge is -2.14. The second-order valence-electron chi connectivity index (χ2n) is 6.21. The molecule has 0 unspecified atom stereocenters. The predicted molar refractivity (Wildman–Crippen MR) is 109 cm³/mol. The maximum Gasteiger partial charge on any atom is 0.240 e. The number of ether oxygens (including phenoxy) is 1. The molecule has 6 nitrogen and oxygen atoms in total. The first kappa shape index (κ1) is 20.0. The van der Waals surface area contributed by atoms with Crippen LogP contribution in [-0.4, -0.2) is 34.3 Å². The number of rotatable bonds is 5. The molecule has 0 aliphatic rings. The number of anilines is 2. The number of fused-ring (bicyclic) bond motifs is 1. The number of hydrogen-bond donors (Lipinski definition) is 4. The molecule has 0 atom stereocenters. The van der Waals surface area contributed by atoms with Gasteiger partial charge in [-0.3, -0.25) is 9.71 Å². The first-order valence-corrected chi connectivity index (χ1v) is 8.58. The van der Waals surface area contributed by atoms with Crippen molar-refractivity contribution in [3.05, 3.63) is 54.9 Å². The first-order valence-electron chi connectivity index (χ1n) is 8.14. The summed E-state index contributed by atoms with van der Waals surface area (Å²) in [6, 6.07) is 13.9. The predicted octanol–water partition coefficient (Wildman–Crippen LogP) is 3.57. The van der Waals surface area contributed by atoms with E-state index in [1.807, 2.05) is 42.5 Å². The van der Waals surface area contributed by atoms with Crippen LogP contribution in [0.4, 0.5) is 11.4 Å². The number of methoxy groups -OCH3 is 1. The molecular weight excluding hydrogens is 348 g/mol. The number of aromatic nitrogens is 2. The van der Waals surface area contributed by atoms with Gasteiger partial charge in [0.1, 0.15) is 5.52 Å². The van der Waals surface area contributed by atoms with Crippen molar-refractivity contribution in [3.63, 3.8) is 0 Å². The van der Waals surface area contributed by atoms with E-state index in [0.29, 0.717) is 12.4 Å². The van der Waals surface area contributed by atoms with Crippen LogP contribution in [-0.2, 0) is 0 Å². The monoisotopic (exact) mass is 372 g/mol. The molecule has 3 aromatic rings. The number of nitrogens with one attached hydrogen (secondary N) is 2. The molecule has 0 saturated heterocycles. The molecule has 0 aliphatic carbocycles. The van der Waals surface area contributed by atoms with Gasteiger partial charge in [0.25, 0.3) is 0 Å². The summed E-state index contributed by atoms with van der Waals surface area (Å²) in [5, 5.41) is 13.3. The molecule has 2 aromatic heterocycles. The number of hydrogen-bond acceptors (Lipinski definition) is 7. The molecule has 3 N–H and O–H groups in total. The standard InChI is InChI=1S/C15H13N3O.C4H11NOS/c1-19-15-14-12(7-9-17-15)13(8-10-16-14)18-11-5-3-2-4-6-11;1-4(2,6)3-5-7/h2-10H,1H3,(H,16,18);5-7H,3H2,1-2H3. The van der Waals surface area contributed by atoms with Crippen LogP contribution in [0.25, 0.3) is 10.9 Å². The van der Waals surface area contributed by atoms with Gasteiger partial charge in [0.15, 0.2) is 0 Å². The van der Waals surface area contributed by atoms with Gasteiger partial charge < -0.3 is 15.2 Å². The number of para-hydroxylation sites is 1. The van der Waals surface area contributed by atoms with E-state index in [4.69, 9.17) is 9.84 Å². The fourth-order valence-electron chi connectivity index (χ4n) is 2.18. The van der Waals surface area contributed by atoms with Crippen LogP contribution in [0.5, 0.6) is 5.88 Å². The quantitative estimate of drug-likeness (QED) is 0.513. The van der Waals surface area contributed by atoms with Gasteiger partial charge in [-0.25, -0.2) is 4.98 Å². The summed E-state index contributed by atoms with van der Waals surface area (Å²) in [5.41, 5.74) is 2.13. The van der Waals surface area contributed by atoms with Crippen molar-refractivity contribution in [1.29, 1.82) is 0 Å². The third-order valence-corrected chi connectivity index (χ3v) is 3.54. The molecule has 3 rings (SSSR count). The molecule has 0 aliphatic heterocycles. The van der Waals surface area contributed by atoms with E-state index in [-0.39, 0.29) is 0 Å². The minimum atomic E-state index is -0.637. The highest BCUT2D eigenvalue weighted by Gasteiger charge is 2.09. The summed E-state index contributed by atoms with van der Waals surface area (Å²) in [6.45, 7) is 3.95. The third-order valence-electron chi connectivity index (χ3n) is 3.38. The highest BCUT2D eigenvalue weighted by molar-refractivity contribution is 7.78. The Kier molecular flexibility index (Phi) is 7.20. The zero-order chi connectivity index (χ0) is 19.0. The van der Waals surface area contributed by atoms with E-state index in [9.17, 15) is 0 Å². The van der Waals surface area contributed by atoms with Crippen molar-refractivity contribution >= 4 is 35.1 Å². The van der Waals surface area contributed by atoms with Gasteiger partial charge in [0.05, 0.1) is 12.7 Å².